The number of rotatable bonds is 3. The van der Waals surface area contributed by atoms with Crippen molar-refractivity contribution in [3.05, 3.63) is 83.5 Å². The van der Waals surface area contributed by atoms with E-state index in [0.29, 0.717) is 10.8 Å². The molecule has 2 aromatic carbocycles. The van der Waals surface area contributed by atoms with Crippen LogP contribution in [0.15, 0.2) is 77.2 Å². The van der Waals surface area contributed by atoms with Gasteiger partial charge in [0.25, 0.3) is 10.0 Å². The van der Waals surface area contributed by atoms with Gasteiger partial charge in [0.15, 0.2) is 0 Å². The molecule has 0 radical (unpaired) electrons. The van der Waals surface area contributed by atoms with Crippen molar-refractivity contribution in [2.24, 2.45) is 11.8 Å². The molecule has 0 saturated heterocycles. The van der Waals surface area contributed by atoms with Crippen LogP contribution in [0.25, 0.3) is 0 Å². The highest BCUT2D eigenvalue weighted by molar-refractivity contribution is 7.93. The van der Waals surface area contributed by atoms with Crippen LogP contribution < -0.4 is 4.31 Å². The van der Waals surface area contributed by atoms with Crippen molar-refractivity contribution < 1.29 is 8.42 Å². The maximum absolute atomic E-state index is 13.9. The summed E-state index contributed by atoms with van der Waals surface area (Å²) in [6, 6.07) is 15.2. The van der Waals surface area contributed by atoms with E-state index < -0.39 is 10.0 Å². The Morgan fingerprint density at radius 1 is 0.966 bits per heavy atom. The lowest BCUT2D eigenvalue weighted by Gasteiger charge is -2.41. The van der Waals surface area contributed by atoms with Crippen molar-refractivity contribution in [1.29, 1.82) is 0 Å². The Hall–Kier alpha value is -2.33. The molecule has 0 bridgehead atoms. The normalized spacial score (nSPS) is 26.0. The van der Waals surface area contributed by atoms with Crippen molar-refractivity contribution in [3.63, 3.8) is 0 Å². The van der Waals surface area contributed by atoms with Gasteiger partial charge in [0, 0.05) is 5.92 Å². The quantitative estimate of drug-likeness (QED) is 0.640. The maximum atomic E-state index is 13.9. The van der Waals surface area contributed by atoms with Gasteiger partial charge in [-0.1, -0.05) is 60.2 Å². The summed E-state index contributed by atoms with van der Waals surface area (Å²) in [7, 11) is -3.65. The largest absolute Gasteiger partial charge is 0.265 e. The van der Waals surface area contributed by atoms with Crippen LogP contribution in [0.2, 0.25) is 0 Å². The van der Waals surface area contributed by atoms with E-state index in [0.717, 1.165) is 36.1 Å². The smallest absolute Gasteiger partial charge is 0.259 e. The fourth-order valence-corrected chi connectivity index (χ4v) is 7.27. The van der Waals surface area contributed by atoms with Crippen LogP contribution in [0.1, 0.15) is 36.8 Å². The van der Waals surface area contributed by atoms with Crippen molar-refractivity contribution >= 4 is 15.7 Å². The number of hydrogen-bond donors (Lipinski definition) is 0. The van der Waals surface area contributed by atoms with Gasteiger partial charge in [-0.05, 0) is 68.2 Å². The first kappa shape index (κ1) is 18.7. The highest BCUT2D eigenvalue weighted by Crippen LogP contribution is 2.47. The highest BCUT2D eigenvalue weighted by Gasteiger charge is 2.46. The van der Waals surface area contributed by atoms with Crippen molar-refractivity contribution in [1.82, 2.24) is 0 Å². The molecule has 1 aliphatic heterocycles. The van der Waals surface area contributed by atoms with E-state index in [-0.39, 0.29) is 12.0 Å². The molecule has 150 valence electrons. The Kier molecular flexibility index (Phi) is 4.62. The Bertz CT molecular complexity index is 1100. The summed E-state index contributed by atoms with van der Waals surface area (Å²) < 4.78 is 29.5. The molecule has 29 heavy (non-hydrogen) atoms. The number of benzene rings is 2. The first-order valence-electron chi connectivity index (χ1n) is 10.6. The molecule has 0 N–H and O–H groups in total. The molecule has 3 atom stereocenters. The lowest BCUT2D eigenvalue weighted by atomic mass is 9.77. The molecular formula is C25H27NO2S. The summed E-state index contributed by atoms with van der Waals surface area (Å²) in [5.74, 6) is 0.622. The second-order valence-electron chi connectivity index (χ2n) is 8.49. The average Bonchev–Trinajstić information content (AvgIpc) is 3.16. The number of allylic oxidation sites excluding steroid dienone is 3. The maximum Gasteiger partial charge on any atom is 0.265 e. The zero-order chi connectivity index (χ0) is 20.0. The van der Waals surface area contributed by atoms with Gasteiger partial charge < -0.3 is 0 Å². The minimum atomic E-state index is -3.65. The van der Waals surface area contributed by atoms with Gasteiger partial charge in [0.2, 0.25) is 0 Å². The van der Waals surface area contributed by atoms with Crippen molar-refractivity contribution in [2.45, 2.75) is 50.0 Å². The third kappa shape index (κ3) is 3.05. The molecule has 3 nitrogen and oxygen atoms in total. The van der Waals surface area contributed by atoms with Gasteiger partial charge in [-0.15, -0.1) is 0 Å². The summed E-state index contributed by atoms with van der Waals surface area (Å²) in [4.78, 5) is 0.407. The lowest BCUT2D eigenvalue weighted by Crippen LogP contribution is -2.47. The molecule has 3 unspecified atom stereocenters. The second kappa shape index (κ2) is 7.17. The molecule has 0 amide bonds. The van der Waals surface area contributed by atoms with E-state index >= 15 is 0 Å². The topological polar surface area (TPSA) is 37.4 Å². The van der Waals surface area contributed by atoms with Crippen LogP contribution >= 0.6 is 0 Å². The van der Waals surface area contributed by atoms with Gasteiger partial charge >= 0.3 is 0 Å². The van der Waals surface area contributed by atoms with Gasteiger partial charge in [0.05, 0.1) is 16.6 Å². The summed E-state index contributed by atoms with van der Waals surface area (Å²) >= 11 is 0. The summed E-state index contributed by atoms with van der Waals surface area (Å²) in [6.07, 6.45) is 12.6. The minimum absolute atomic E-state index is 0.123. The monoisotopic (exact) mass is 405 g/mol. The standard InChI is InChI=1S/C25H27NO2S/c1-18-9-5-8-14-25(18)29(27,28)26-23-13-7-6-12-20(23)17-22-21(15-16-24(22)26)19-10-3-2-4-11-19/h5-10,12-16,21-22,24H,2-4,11,17H2,1H3. The average molecular weight is 406 g/mol. The zero-order valence-electron chi connectivity index (χ0n) is 16.8. The van der Waals surface area contributed by atoms with Crippen LogP contribution in [0.4, 0.5) is 5.69 Å². The third-order valence-corrected chi connectivity index (χ3v) is 8.73. The van der Waals surface area contributed by atoms with E-state index in [9.17, 15) is 8.42 Å². The first-order chi connectivity index (χ1) is 14.1. The van der Waals surface area contributed by atoms with Crippen molar-refractivity contribution in [3.8, 4) is 0 Å². The number of aryl methyl sites for hydroxylation is 1. The van der Waals surface area contributed by atoms with Crippen LogP contribution in [0, 0.1) is 18.8 Å². The molecule has 0 fully saturated rings. The van der Waals surface area contributed by atoms with Crippen LogP contribution in [-0.2, 0) is 16.4 Å². The molecule has 0 aromatic heterocycles. The number of hydrogen-bond acceptors (Lipinski definition) is 2. The number of fused-ring (bicyclic) bond motifs is 2. The number of para-hydroxylation sites is 1. The molecule has 0 spiro atoms. The minimum Gasteiger partial charge on any atom is -0.259 e. The third-order valence-electron chi connectivity index (χ3n) is 6.76. The molecule has 2 aromatic rings. The Morgan fingerprint density at radius 3 is 2.55 bits per heavy atom. The van der Waals surface area contributed by atoms with Crippen LogP contribution in [0.3, 0.4) is 0 Å². The molecule has 0 saturated carbocycles. The van der Waals surface area contributed by atoms with Gasteiger partial charge in [-0.3, -0.25) is 4.31 Å². The molecule has 3 aliphatic rings. The SMILES string of the molecule is Cc1ccccc1S(=O)(=O)N1c2ccccc2CC2C(C3=CCCCC3)C=CC21. The first-order valence-corrected chi connectivity index (χ1v) is 12.1. The van der Waals surface area contributed by atoms with E-state index in [2.05, 4.69) is 24.3 Å². The summed E-state index contributed by atoms with van der Waals surface area (Å²) in [5.41, 5.74) is 4.27. The van der Waals surface area contributed by atoms with Crippen LogP contribution in [0.5, 0.6) is 0 Å². The summed E-state index contributed by atoms with van der Waals surface area (Å²) in [5, 5.41) is 0. The highest BCUT2D eigenvalue weighted by atomic mass is 32.2. The fourth-order valence-electron chi connectivity index (χ4n) is 5.35. The number of anilines is 1. The zero-order valence-corrected chi connectivity index (χ0v) is 17.6. The van der Waals surface area contributed by atoms with Crippen LogP contribution in [-0.4, -0.2) is 14.5 Å². The Morgan fingerprint density at radius 2 is 1.76 bits per heavy atom. The molecule has 2 aliphatic carbocycles. The molecular weight excluding hydrogens is 378 g/mol. The Balaban J connectivity index is 1.62. The fraction of sp³-hybridized carbons (Fsp3) is 0.360. The lowest BCUT2D eigenvalue weighted by molar-refractivity contribution is 0.396. The van der Waals surface area contributed by atoms with Gasteiger partial charge in [0.1, 0.15) is 0 Å². The number of sulfonamides is 1. The molecule has 1 heterocycles. The molecule has 5 rings (SSSR count). The second-order valence-corrected chi connectivity index (χ2v) is 10.3. The van der Waals surface area contributed by atoms with E-state index in [1.54, 1.807) is 10.4 Å². The van der Waals surface area contributed by atoms with Gasteiger partial charge in [-0.25, -0.2) is 8.42 Å². The van der Waals surface area contributed by atoms with Crippen molar-refractivity contribution in [2.75, 3.05) is 4.31 Å². The van der Waals surface area contributed by atoms with Gasteiger partial charge in [-0.2, -0.15) is 0 Å². The predicted molar refractivity (Wildman–Crippen MR) is 117 cm³/mol. The van der Waals surface area contributed by atoms with E-state index in [1.165, 1.54) is 18.4 Å². The molecule has 4 heteroatoms. The summed E-state index contributed by atoms with van der Waals surface area (Å²) in [6.45, 7) is 1.88. The Labute approximate surface area is 173 Å². The van der Waals surface area contributed by atoms with E-state index in [1.807, 2.05) is 43.3 Å². The predicted octanol–water partition coefficient (Wildman–Crippen LogP) is 5.42. The number of nitrogens with zero attached hydrogens (tertiary/aromatic N) is 1. The van der Waals surface area contributed by atoms with E-state index in [4.69, 9.17) is 0 Å².